The Morgan fingerprint density at radius 1 is 1.56 bits per heavy atom. The van der Waals surface area contributed by atoms with E-state index in [9.17, 15) is 8.42 Å². The molecule has 8 heteroatoms. The lowest BCUT2D eigenvalue weighted by Gasteiger charge is -2.12. The molecule has 1 N–H and O–H groups in total. The van der Waals surface area contributed by atoms with Crippen LogP contribution in [0, 0.1) is 0 Å². The molecular formula is C8H15BrN4O2S. The van der Waals surface area contributed by atoms with Crippen molar-refractivity contribution in [3.05, 3.63) is 4.60 Å². The third-order valence-corrected chi connectivity index (χ3v) is 4.55. The van der Waals surface area contributed by atoms with Crippen molar-refractivity contribution in [1.82, 2.24) is 19.7 Å². The first-order chi connectivity index (χ1) is 7.38. The molecule has 0 saturated heterocycles. The molecule has 0 saturated carbocycles. The summed E-state index contributed by atoms with van der Waals surface area (Å²) in [5.41, 5.74) is 0. The van der Waals surface area contributed by atoms with Crippen LogP contribution in [0.25, 0.3) is 0 Å². The van der Waals surface area contributed by atoms with Gasteiger partial charge in [0.25, 0.3) is 10.0 Å². The molecule has 0 aliphatic rings. The summed E-state index contributed by atoms with van der Waals surface area (Å²) in [5.74, 6) is 0. The van der Waals surface area contributed by atoms with Crippen LogP contribution in [0.2, 0.25) is 0 Å². The molecule has 0 aliphatic heterocycles. The predicted octanol–water partition coefficient (Wildman–Crippen LogP) is 1.04. The predicted molar refractivity (Wildman–Crippen MR) is 63.4 cm³/mol. The van der Waals surface area contributed by atoms with E-state index in [0.717, 1.165) is 12.8 Å². The number of sulfonamides is 1. The average molecular weight is 311 g/mol. The molecule has 0 spiro atoms. The second-order valence-corrected chi connectivity index (χ2v) is 6.00. The van der Waals surface area contributed by atoms with Gasteiger partial charge in [0, 0.05) is 13.1 Å². The van der Waals surface area contributed by atoms with Gasteiger partial charge in [0.05, 0.1) is 0 Å². The maximum absolute atomic E-state index is 12.0. The van der Waals surface area contributed by atoms with Crippen molar-refractivity contribution in [3.8, 4) is 0 Å². The molecule has 0 amide bonds. The van der Waals surface area contributed by atoms with Crippen LogP contribution in [0.15, 0.2) is 9.63 Å². The van der Waals surface area contributed by atoms with E-state index in [-0.39, 0.29) is 15.7 Å². The highest BCUT2D eigenvalue weighted by Crippen LogP contribution is 2.18. The number of aromatic nitrogens is 3. The second kappa shape index (κ2) is 5.24. The number of hydrogen-bond acceptors (Lipinski definition) is 4. The third-order valence-electron chi connectivity index (χ3n) is 2.07. The van der Waals surface area contributed by atoms with Crippen LogP contribution in [0.3, 0.4) is 0 Å². The van der Waals surface area contributed by atoms with Crippen molar-refractivity contribution in [2.45, 2.75) is 37.8 Å². The van der Waals surface area contributed by atoms with Crippen molar-refractivity contribution in [3.63, 3.8) is 0 Å². The lowest BCUT2D eigenvalue weighted by molar-refractivity contribution is 0.530. The van der Waals surface area contributed by atoms with Crippen LogP contribution in [-0.4, -0.2) is 29.5 Å². The number of aryl methyl sites for hydroxylation is 1. The van der Waals surface area contributed by atoms with Gasteiger partial charge < -0.3 is 0 Å². The molecule has 1 heterocycles. The quantitative estimate of drug-likeness (QED) is 0.881. The van der Waals surface area contributed by atoms with Gasteiger partial charge in [0.2, 0.25) is 5.03 Å². The molecule has 0 bridgehead atoms. The summed E-state index contributed by atoms with van der Waals surface area (Å²) >= 11 is 3.07. The molecular weight excluding hydrogens is 296 g/mol. The van der Waals surface area contributed by atoms with Crippen molar-refractivity contribution < 1.29 is 8.42 Å². The summed E-state index contributed by atoms with van der Waals surface area (Å²) in [6.07, 6.45) is 1.72. The fraction of sp³-hybridized carbons (Fsp3) is 0.750. The fourth-order valence-electron chi connectivity index (χ4n) is 1.42. The topological polar surface area (TPSA) is 76.9 Å². The van der Waals surface area contributed by atoms with E-state index >= 15 is 0 Å². The van der Waals surface area contributed by atoms with Gasteiger partial charge in [-0.05, 0) is 29.3 Å². The molecule has 16 heavy (non-hydrogen) atoms. The Balaban J connectivity index is 2.95. The highest BCUT2D eigenvalue weighted by Gasteiger charge is 2.25. The van der Waals surface area contributed by atoms with Gasteiger partial charge in [-0.2, -0.15) is 0 Å². The van der Waals surface area contributed by atoms with E-state index in [1.807, 2.05) is 13.8 Å². The maximum Gasteiger partial charge on any atom is 0.260 e. The lowest BCUT2D eigenvalue weighted by atomic mass is 10.2. The summed E-state index contributed by atoms with van der Waals surface area (Å²) < 4.78 is 28.0. The summed E-state index contributed by atoms with van der Waals surface area (Å²) in [4.78, 5) is 0. The molecule has 1 aromatic rings. The Kier molecular flexibility index (Phi) is 4.45. The third kappa shape index (κ3) is 3.02. The zero-order chi connectivity index (χ0) is 12.3. The Morgan fingerprint density at radius 2 is 2.19 bits per heavy atom. The van der Waals surface area contributed by atoms with E-state index < -0.39 is 10.0 Å². The van der Waals surface area contributed by atoms with E-state index in [4.69, 9.17) is 0 Å². The molecule has 0 aliphatic carbocycles. The normalized spacial score (nSPS) is 14.0. The highest BCUT2D eigenvalue weighted by molar-refractivity contribution is 9.10. The average Bonchev–Trinajstić information content (AvgIpc) is 2.45. The Labute approximate surface area is 104 Å². The standard InChI is InChI=1S/C8H15BrN4O2S/c1-4-5-6(2)11-16(14,15)8-7(9)10-12-13(8)3/h6,11H,4-5H2,1-3H3. The summed E-state index contributed by atoms with van der Waals surface area (Å²) in [5, 5.41) is 7.33. The molecule has 1 rings (SSSR count). The van der Waals surface area contributed by atoms with Gasteiger partial charge in [-0.15, -0.1) is 5.10 Å². The number of nitrogens with one attached hydrogen (secondary N) is 1. The number of hydrogen-bond donors (Lipinski definition) is 1. The molecule has 0 aromatic carbocycles. The SMILES string of the molecule is CCCC(C)NS(=O)(=O)c1c(Br)nnn1C. The Bertz CT molecular complexity index is 437. The molecule has 6 nitrogen and oxygen atoms in total. The van der Waals surface area contributed by atoms with Crippen molar-refractivity contribution in [2.24, 2.45) is 7.05 Å². The molecule has 0 radical (unpaired) electrons. The molecule has 92 valence electrons. The first-order valence-corrected chi connectivity index (χ1v) is 7.23. The maximum atomic E-state index is 12.0. The molecule has 1 atom stereocenters. The number of halogens is 1. The van der Waals surface area contributed by atoms with E-state index in [1.165, 1.54) is 11.7 Å². The molecule has 1 unspecified atom stereocenters. The molecule has 1 aromatic heterocycles. The van der Waals surface area contributed by atoms with Crippen LogP contribution < -0.4 is 4.72 Å². The summed E-state index contributed by atoms with van der Waals surface area (Å²) in [6, 6.07) is -0.100. The van der Waals surface area contributed by atoms with Crippen molar-refractivity contribution >= 4 is 26.0 Å². The van der Waals surface area contributed by atoms with Gasteiger partial charge >= 0.3 is 0 Å². The monoisotopic (exact) mass is 310 g/mol. The minimum atomic E-state index is -3.56. The van der Waals surface area contributed by atoms with Crippen LogP contribution in [0.4, 0.5) is 0 Å². The first kappa shape index (κ1) is 13.6. The van der Waals surface area contributed by atoms with Gasteiger partial charge in [-0.3, -0.25) is 0 Å². The zero-order valence-electron chi connectivity index (χ0n) is 9.44. The lowest BCUT2D eigenvalue weighted by Crippen LogP contribution is -2.33. The summed E-state index contributed by atoms with van der Waals surface area (Å²) in [7, 11) is -2.02. The van der Waals surface area contributed by atoms with Crippen LogP contribution in [0.1, 0.15) is 26.7 Å². The van der Waals surface area contributed by atoms with Crippen LogP contribution in [0.5, 0.6) is 0 Å². The Morgan fingerprint density at radius 3 is 2.62 bits per heavy atom. The van der Waals surface area contributed by atoms with E-state index in [2.05, 4.69) is 31.0 Å². The minimum Gasteiger partial charge on any atom is -0.235 e. The van der Waals surface area contributed by atoms with Crippen LogP contribution >= 0.6 is 15.9 Å². The largest absolute Gasteiger partial charge is 0.260 e. The zero-order valence-corrected chi connectivity index (χ0v) is 11.8. The van der Waals surface area contributed by atoms with Gasteiger partial charge in [0.1, 0.15) is 0 Å². The number of rotatable bonds is 5. The minimum absolute atomic E-state index is 0.0513. The van der Waals surface area contributed by atoms with Gasteiger partial charge in [0.15, 0.2) is 4.60 Å². The number of nitrogens with zero attached hydrogens (tertiary/aromatic N) is 3. The first-order valence-electron chi connectivity index (χ1n) is 4.96. The Hall–Kier alpha value is -0.470. The summed E-state index contributed by atoms with van der Waals surface area (Å²) in [6.45, 7) is 3.84. The van der Waals surface area contributed by atoms with E-state index in [1.54, 1.807) is 0 Å². The van der Waals surface area contributed by atoms with Crippen molar-refractivity contribution in [2.75, 3.05) is 0 Å². The second-order valence-electron chi connectivity index (χ2n) is 3.62. The highest BCUT2D eigenvalue weighted by atomic mass is 79.9. The fourth-order valence-corrected chi connectivity index (χ4v) is 3.79. The van der Waals surface area contributed by atoms with Crippen molar-refractivity contribution in [1.29, 1.82) is 0 Å². The molecule has 0 fully saturated rings. The van der Waals surface area contributed by atoms with Gasteiger partial charge in [-0.25, -0.2) is 17.8 Å². The van der Waals surface area contributed by atoms with Crippen LogP contribution in [-0.2, 0) is 17.1 Å². The van der Waals surface area contributed by atoms with E-state index in [0.29, 0.717) is 0 Å². The smallest absolute Gasteiger partial charge is 0.235 e. The van der Waals surface area contributed by atoms with Gasteiger partial charge in [-0.1, -0.05) is 18.6 Å².